The van der Waals surface area contributed by atoms with Crippen LogP contribution in [0.3, 0.4) is 0 Å². The quantitative estimate of drug-likeness (QED) is 0.835. The maximum atomic E-state index is 12.1. The number of nitrogens with zero attached hydrogens (tertiary/aromatic N) is 3. The summed E-state index contributed by atoms with van der Waals surface area (Å²) >= 11 is 9.34. The van der Waals surface area contributed by atoms with Gasteiger partial charge in [0.05, 0.1) is 9.50 Å². The first kappa shape index (κ1) is 13.6. The van der Waals surface area contributed by atoms with Crippen molar-refractivity contribution >= 4 is 39.3 Å². The van der Waals surface area contributed by atoms with Crippen LogP contribution in [-0.4, -0.2) is 42.5 Å². The molecule has 0 bridgehead atoms. The summed E-state index contributed by atoms with van der Waals surface area (Å²) in [5, 5.41) is 0.584. The molecule has 0 N–H and O–H groups in total. The number of hydrogen-bond acceptors (Lipinski definition) is 3. The molecule has 1 amide bonds. The van der Waals surface area contributed by atoms with Gasteiger partial charge in [-0.1, -0.05) is 11.6 Å². The molecule has 1 aromatic rings. The molecule has 1 aliphatic rings. The summed E-state index contributed by atoms with van der Waals surface area (Å²) in [6.07, 6.45) is 3.48. The smallest absolute Gasteiger partial charge is 0.244 e. The lowest BCUT2D eigenvalue weighted by Gasteiger charge is -2.27. The highest BCUT2D eigenvalue weighted by Gasteiger charge is 2.33. The van der Waals surface area contributed by atoms with Crippen molar-refractivity contribution in [1.29, 1.82) is 0 Å². The Bertz CT molecular complexity index is 467. The van der Waals surface area contributed by atoms with E-state index >= 15 is 0 Å². The standard InChI is InChI=1S/C12H15BrClN3O/c1-16(2)12(18)10-4-3-5-17(10)11-9(13)6-8(14)7-15-11/h6-7,10H,3-5H2,1-2H3. The molecule has 0 spiro atoms. The fraction of sp³-hybridized carbons (Fsp3) is 0.500. The Labute approximate surface area is 120 Å². The lowest BCUT2D eigenvalue weighted by atomic mass is 10.2. The molecule has 0 radical (unpaired) electrons. The van der Waals surface area contributed by atoms with Gasteiger partial charge in [0.15, 0.2) is 0 Å². The van der Waals surface area contributed by atoms with Crippen molar-refractivity contribution < 1.29 is 4.79 Å². The van der Waals surface area contributed by atoms with E-state index in [4.69, 9.17) is 11.6 Å². The van der Waals surface area contributed by atoms with Gasteiger partial charge in [0.25, 0.3) is 0 Å². The third-order valence-electron chi connectivity index (χ3n) is 3.04. The monoisotopic (exact) mass is 331 g/mol. The van der Waals surface area contributed by atoms with Crippen molar-refractivity contribution in [3.63, 3.8) is 0 Å². The fourth-order valence-corrected chi connectivity index (χ4v) is 3.06. The summed E-state index contributed by atoms with van der Waals surface area (Å²) in [7, 11) is 3.56. The number of pyridine rings is 1. The summed E-state index contributed by atoms with van der Waals surface area (Å²) < 4.78 is 0.827. The van der Waals surface area contributed by atoms with Gasteiger partial charge in [-0.2, -0.15) is 0 Å². The van der Waals surface area contributed by atoms with Crippen LogP contribution in [0, 0.1) is 0 Å². The molecule has 6 heteroatoms. The normalized spacial score (nSPS) is 19.1. The Morgan fingerprint density at radius 2 is 2.33 bits per heavy atom. The first-order valence-electron chi connectivity index (χ1n) is 5.79. The molecule has 18 heavy (non-hydrogen) atoms. The number of halogens is 2. The van der Waals surface area contributed by atoms with Crippen LogP contribution in [0.2, 0.25) is 5.02 Å². The second-order valence-electron chi connectivity index (χ2n) is 4.54. The number of likely N-dealkylation sites (N-methyl/N-ethyl adjacent to an activating group) is 1. The van der Waals surface area contributed by atoms with Crippen LogP contribution in [0.1, 0.15) is 12.8 Å². The van der Waals surface area contributed by atoms with E-state index in [0.717, 1.165) is 29.7 Å². The number of carbonyl (C=O) groups excluding carboxylic acids is 1. The largest absolute Gasteiger partial charge is 0.347 e. The molecule has 98 valence electrons. The lowest BCUT2D eigenvalue weighted by molar-refractivity contribution is -0.129. The molecule has 1 aliphatic heterocycles. The van der Waals surface area contributed by atoms with Gasteiger partial charge < -0.3 is 9.80 Å². The Morgan fingerprint density at radius 1 is 1.61 bits per heavy atom. The molecule has 0 saturated carbocycles. The maximum absolute atomic E-state index is 12.1. The van der Waals surface area contributed by atoms with Crippen LogP contribution in [0.25, 0.3) is 0 Å². The summed E-state index contributed by atoms with van der Waals surface area (Å²) in [6.45, 7) is 0.845. The fourth-order valence-electron chi connectivity index (χ4n) is 2.19. The van der Waals surface area contributed by atoms with Gasteiger partial charge in [0.2, 0.25) is 5.91 Å². The Balaban J connectivity index is 2.29. The predicted octanol–water partition coefficient (Wildman–Crippen LogP) is 2.55. The average molecular weight is 333 g/mol. The number of anilines is 1. The highest BCUT2D eigenvalue weighted by atomic mass is 79.9. The third-order valence-corrected chi connectivity index (χ3v) is 3.83. The summed E-state index contributed by atoms with van der Waals surface area (Å²) in [4.78, 5) is 20.1. The second-order valence-corrected chi connectivity index (χ2v) is 5.83. The first-order valence-corrected chi connectivity index (χ1v) is 6.96. The van der Waals surface area contributed by atoms with Gasteiger partial charge >= 0.3 is 0 Å². The van der Waals surface area contributed by atoms with E-state index in [9.17, 15) is 4.79 Å². The van der Waals surface area contributed by atoms with E-state index in [0.29, 0.717) is 5.02 Å². The molecule has 0 aliphatic carbocycles. The van der Waals surface area contributed by atoms with Crippen LogP contribution in [0.15, 0.2) is 16.7 Å². The van der Waals surface area contributed by atoms with Crippen LogP contribution < -0.4 is 4.90 Å². The minimum absolute atomic E-state index is 0.120. The van der Waals surface area contributed by atoms with Crippen molar-refractivity contribution in [2.75, 3.05) is 25.5 Å². The minimum Gasteiger partial charge on any atom is -0.347 e. The summed E-state index contributed by atoms with van der Waals surface area (Å²) in [6, 6.07) is 1.68. The molecule has 1 saturated heterocycles. The topological polar surface area (TPSA) is 36.4 Å². The number of aromatic nitrogens is 1. The number of carbonyl (C=O) groups is 1. The van der Waals surface area contributed by atoms with Crippen molar-refractivity contribution in [2.45, 2.75) is 18.9 Å². The predicted molar refractivity (Wildman–Crippen MR) is 76.0 cm³/mol. The molecule has 1 aromatic heterocycles. The van der Waals surface area contributed by atoms with Gasteiger partial charge in [-0.25, -0.2) is 4.98 Å². The molecule has 1 fully saturated rings. The van der Waals surface area contributed by atoms with Crippen LogP contribution >= 0.6 is 27.5 Å². The third kappa shape index (κ3) is 2.62. The highest BCUT2D eigenvalue weighted by Crippen LogP contribution is 2.32. The van der Waals surface area contributed by atoms with E-state index in [2.05, 4.69) is 20.9 Å². The zero-order valence-electron chi connectivity index (χ0n) is 10.4. The van der Waals surface area contributed by atoms with E-state index in [1.54, 1.807) is 31.3 Å². The van der Waals surface area contributed by atoms with Crippen LogP contribution in [-0.2, 0) is 4.79 Å². The number of rotatable bonds is 2. The molecule has 1 atom stereocenters. The molecular formula is C12H15BrClN3O. The Hall–Kier alpha value is -0.810. The lowest BCUT2D eigenvalue weighted by Crippen LogP contribution is -2.43. The van der Waals surface area contributed by atoms with Crippen LogP contribution in [0.5, 0.6) is 0 Å². The first-order chi connectivity index (χ1) is 8.50. The molecule has 0 aromatic carbocycles. The molecule has 2 heterocycles. The Morgan fingerprint density at radius 3 is 2.94 bits per heavy atom. The van der Waals surface area contributed by atoms with E-state index in [1.807, 2.05) is 4.90 Å². The second kappa shape index (κ2) is 5.45. The minimum atomic E-state index is -0.120. The van der Waals surface area contributed by atoms with Gasteiger partial charge in [0.1, 0.15) is 11.9 Å². The van der Waals surface area contributed by atoms with Crippen molar-refractivity contribution in [3.8, 4) is 0 Å². The molecule has 1 unspecified atom stereocenters. The Kier molecular flexibility index (Phi) is 4.12. The van der Waals surface area contributed by atoms with E-state index in [1.165, 1.54) is 0 Å². The SMILES string of the molecule is CN(C)C(=O)C1CCCN1c1ncc(Cl)cc1Br. The van der Waals surface area contributed by atoms with Crippen molar-refractivity contribution in [3.05, 3.63) is 21.8 Å². The average Bonchev–Trinajstić information content (AvgIpc) is 2.76. The zero-order chi connectivity index (χ0) is 13.3. The van der Waals surface area contributed by atoms with Crippen molar-refractivity contribution in [1.82, 2.24) is 9.88 Å². The van der Waals surface area contributed by atoms with Gasteiger partial charge in [0, 0.05) is 26.8 Å². The zero-order valence-corrected chi connectivity index (χ0v) is 12.7. The molecule has 4 nitrogen and oxygen atoms in total. The summed E-state index contributed by atoms with van der Waals surface area (Å²) in [5.41, 5.74) is 0. The van der Waals surface area contributed by atoms with Crippen LogP contribution in [0.4, 0.5) is 5.82 Å². The number of amides is 1. The summed E-state index contributed by atoms with van der Waals surface area (Å²) in [5.74, 6) is 0.910. The van der Waals surface area contributed by atoms with Gasteiger partial charge in [-0.15, -0.1) is 0 Å². The number of hydrogen-bond donors (Lipinski definition) is 0. The van der Waals surface area contributed by atoms with Gasteiger partial charge in [-0.3, -0.25) is 4.79 Å². The molecular weight excluding hydrogens is 318 g/mol. The van der Waals surface area contributed by atoms with E-state index in [-0.39, 0.29) is 11.9 Å². The highest BCUT2D eigenvalue weighted by molar-refractivity contribution is 9.10. The van der Waals surface area contributed by atoms with Gasteiger partial charge in [-0.05, 0) is 34.8 Å². The molecule has 2 rings (SSSR count). The van der Waals surface area contributed by atoms with Crippen molar-refractivity contribution in [2.24, 2.45) is 0 Å². The van der Waals surface area contributed by atoms with E-state index < -0.39 is 0 Å². The maximum Gasteiger partial charge on any atom is 0.244 e.